The second-order valence-electron chi connectivity index (χ2n) is 9.05. The van der Waals surface area contributed by atoms with Crippen LogP contribution in [0.4, 0.5) is 11.4 Å². The number of ketones is 1. The molecule has 0 aliphatic heterocycles. The second kappa shape index (κ2) is 8.78. The van der Waals surface area contributed by atoms with Gasteiger partial charge in [-0.25, -0.2) is 0 Å². The van der Waals surface area contributed by atoms with Crippen molar-refractivity contribution in [1.29, 1.82) is 0 Å². The zero-order valence-electron chi connectivity index (χ0n) is 19.3. The van der Waals surface area contributed by atoms with E-state index in [2.05, 4.69) is 16.0 Å². The topological polar surface area (TPSA) is 87.3 Å². The van der Waals surface area contributed by atoms with Crippen LogP contribution in [-0.4, -0.2) is 30.7 Å². The molecule has 172 valence electrons. The van der Waals surface area contributed by atoms with Crippen molar-refractivity contribution in [2.24, 2.45) is 0 Å². The maximum absolute atomic E-state index is 13.3. The van der Waals surface area contributed by atoms with Crippen molar-refractivity contribution in [3.05, 3.63) is 93.5 Å². The van der Waals surface area contributed by atoms with E-state index in [0.717, 1.165) is 53.7 Å². The number of aryl methyl sites for hydroxylation is 3. The lowest BCUT2D eigenvalue weighted by atomic mass is 9.96. The zero-order chi connectivity index (χ0) is 23.8. The van der Waals surface area contributed by atoms with Gasteiger partial charge in [0, 0.05) is 46.7 Å². The molecule has 1 fully saturated rings. The molecule has 0 bridgehead atoms. The number of benzene rings is 3. The third kappa shape index (κ3) is 4.31. The van der Waals surface area contributed by atoms with Crippen LogP contribution in [0.3, 0.4) is 0 Å². The van der Waals surface area contributed by atoms with Gasteiger partial charge in [0.1, 0.15) is 0 Å². The van der Waals surface area contributed by atoms with E-state index in [4.69, 9.17) is 0 Å². The van der Waals surface area contributed by atoms with Crippen LogP contribution in [0.2, 0.25) is 0 Å². The highest BCUT2D eigenvalue weighted by molar-refractivity contribution is 6.12. The third-order valence-electron chi connectivity index (χ3n) is 6.54. The Balaban J connectivity index is 1.40. The molecule has 0 heterocycles. The molecular weight excluding hydrogens is 426 g/mol. The minimum atomic E-state index is -0.206. The van der Waals surface area contributed by atoms with Gasteiger partial charge in [-0.05, 0) is 91.8 Å². The van der Waals surface area contributed by atoms with Gasteiger partial charge in [0.25, 0.3) is 11.8 Å². The number of hydrogen-bond donors (Lipinski definition) is 3. The fraction of sp³-hybridized carbons (Fsp3) is 0.250. The molecule has 5 rings (SSSR count). The minimum absolute atomic E-state index is 0.0370. The van der Waals surface area contributed by atoms with Gasteiger partial charge in [-0.15, -0.1) is 0 Å². The van der Waals surface area contributed by atoms with E-state index in [0.29, 0.717) is 28.3 Å². The molecule has 0 spiro atoms. The summed E-state index contributed by atoms with van der Waals surface area (Å²) in [6.07, 6.45) is 3.55. The van der Waals surface area contributed by atoms with Crippen LogP contribution < -0.4 is 16.0 Å². The van der Waals surface area contributed by atoms with Crippen molar-refractivity contribution in [2.75, 3.05) is 12.4 Å². The zero-order valence-corrected chi connectivity index (χ0v) is 19.3. The number of rotatable bonds is 5. The molecule has 2 aliphatic carbocycles. The Morgan fingerprint density at radius 2 is 1.56 bits per heavy atom. The van der Waals surface area contributed by atoms with Gasteiger partial charge in [-0.2, -0.15) is 0 Å². The average Bonchev–Trinajstić information content (AvgIpc) is 3.67. The first-order chi connectivity index (χ1) is 16.4. The predicted molar refractivity (Wildman–Crippen MR) is 132 cm³/mol. The van der Waals surface area contributed by atoms with E-state index < -0.39 is 0 Å². The first kappa shape index (κ1) is 21.9. The van der Waals surface area contributed by atoms with Crippen LogP contribution in [0.15, 0.2) is 54.6 Å². The quantitative estimate of drug-likeness (QED) is 0.537. The fourth-order valence-electron chi connectivity index (χ4n) is 4.41. The van der Waals surface area contributed by atoms with E-state index in [-0.39, 0.29) is 17.6 Å². The van der Waals surface area contributed by atoms with Crippen LogP contribution in [-0.2, 0) is 12.8 Å². The fourth-order valence-corrected chi connectivity index (χ4v) is 4.41. The van der Waals surface area contributed by atoms with Crippen molar-refractivity contribution < 1.29 is 14.4 Å². The Bertz CT molecular complexity index is 1320. The molecule has 3 N–H and O–H groups in total. The van der Waals surface area contributed by atoms with Crippen molar-refractivity contribution >= 4 is 29.0 Å². The van der Waals surface area contributed by atoms with Crippen molar-refractivity contribution in [2.45, 2.75) is 38.6 Å². The summed E-state index contributed by atoms with van der Waals surface area (Å²) < 4.78 is 0. The Kier molecular flexibility index (Phi) is 5.65. The summed E-state index contributed by atoms with van der Waals surface area (Å²) in [6.45, 7) is 1.94. The third-order valence-corrected chi connectivity index (χ3v) is 6.54. The second-order valence-corrected chi connectivity index (χ2v) is 9.05. The summed E-state index contributed by atoms with van der Waals surface area (Å²) in [6, 6.07) is 17.1. The number of amides is 2. The summed E-state index contributed by atoms with van der Waals surface area (Å²) in [5, 5.41) is 9.05. The molecule has 6 nitrogen and oxygen atoms in total. The van der Waals surface area contributed by atoms with Crippen LogP contribution >= 0.6 is 0 Å². The molecule has 0 radical (unpaired) electrons. The Hall–Kier alpha value is -3.93. The standard InChI is InChI=1S/C28H27N3O3/c1-16-3-8-22(15-24(16)28(34)31-20-9-10-20)30-21-11-12-23-18(13-21)6-4-17-5-7-19(27(33)29-2)14-25(17)26(23)32/h3,5,7-8,11-15,20,30H,4,6,9-10H2,1-2H3,(H,29,33)(H,31,34). The smallest absolute Gasteiger partial charge is 0.251 e. The molecule has 1 saturated carbocycles. The number of carbonyl (C=O) groups excluding carboxylic acids is 3. The van der Waals surface area contributed by atoms with Crippen LogP contribution in [0.25, 0.3) is 0 Å². The molecule has 3 aromatic rings. The van der Waals surface area contributed by atoms with Gasteiger partial charge in [0.15, 0.2) is 5.78 Å². The van der Waals surface area contributed by atoms with Gasteiger partial charge in [0.2, 0.25) is 0 Å². The normalized spacial score (nSPS) is 14.5. The van der Waals surface area contributed by atoms with E-state index in [9.17, 15) is 14.4 Å². The highest BCUT2D eigenvalue weighted by Crippen LogP contribution is 2.29. The van der Waals surface area contributed by atoms with Crippen LogP contribution in [0, 0.1) is 6.92 Å². The maximum Gasteiger partial charge on any atom is 0.251 e. The van der Waals surface area contributed by atoms with E-state index in [1.165, 1.54) is 0 Å². The Morgan fingerprint density at radius 1 is 0.824 bits per heavy atom. The number of anilines is 2. The van der Waals surface area contributed by atoms with E-state index >= 15 is 0 Å². The van der Waals surface area contributed by atoms with Crippen molar-refractivity contribution in [3.63, 3.8) is 0 Å². The lowest BCUT2D eigenvalue weighted by Crippen LogP contribution is -2.26. The van der Waals surface area contributed by atoms with Crippen molar-refractivity contribution in [3.8, 4) is 0 Å². The predicted octanol–water partition coefficient (Wildman–Crippen LogP) is 4.32. The first-order valence-corrected chi connectivity index (χ1v) is 11.6. The molecule has 34 heavy (non-hydrogen) atoms. The molecule has 0 aromatic heterocycles. The molecule has 2 aliphatic rings. The minimum Gasteiger partial charge on any atom is -0.355 e. The van der Waals surface area contributed by atoms with Gasteiger partial charge in [0.05, 0.1) is 0 Å². The molecule has 2 amide bonds. The highest BCUT2D eigenvalue weighted by Gasteiger charge is 2.25. The largest absolute Gasteiger partial charge is 0.355 e. The Morgan fingerprint density at radius 3 is 2.32 bits per heavy atom. The molecule has 0 unspecified atom stereocenters. The number of hydrogen-bond acceptors (Lipinski definition) is 4. The summed E-state index contributed by atoms with van der Waals surface area (Å²) in [7, 11) is 1.58. The summed E-state index contributed by atoms with van der Waals surface area (Å²) in [5.41, 5.74) is 6.94. The van der Waals surface area contributed by atoms with Gasteiger partial charge >= 0.3 is 0 Å². The highest BCUT2D eigenvalue weighted by atomic mass is 16.2. The molecular formula is C28H27N3O3. The lowest BCUT2D eigenvalue weighted by molar-refractivity contribution is 0.0946. The average molecular weight is 454 g/mol. The molecule has 3 aromatic carbocycles. The Labute approximate surface area is 198 Å². The summed E-state index contributed by atoms with van der Waals surface area (Å²) in [5.74, 6) is -0.304. The SMILES string of the molecule is CNC(=O)c1ccc2c(c1)C(=O)c1ccc(Nc3ccc(C)c(C(=O)NC4CC4)c3)cc1CC2. The molecule has 0 atom stereocenters. The maximum atomic E-state index is 13.3. The number of carbonyl (C=O) groups is 3. The number of fused-ring (bicyclic) bond motifs is 2. The first-order valence-electron chi connectivity index (χ1n) is 11.6. The molecule has 0 saturated heterocycles. The monoisotopic (exact) mass is 453 g/mol. The van der Waals surface area contributed by atoms with Crippen molar-refractivity contribution in [1.82, 2.24) is 10.6 Å². The van der Waals surface area contributed by atoms with E-state index in [1.54, 1.807) is 19.2 Å². The summed E-state index contributed by atoms with van der Waals surface area (Å²) in [4.78, 5) is 37.9. The van der Waals surface area contributed by atoms with E-state index in [1.807, 2.05) is 49.4 Å². The van der Waals surface area contributed by atoms with Gasteiger partial charge in [-0.3, -0.25) is 14.4 Å². The van der Waals surface area contributed by atoms with Crippen LogP contribution in [0.1, 0.15) is 66.2 Å². The lowest BCUT2D eigenvalue weighted by Gasteiger charge is -2.13. The van der Waals surface area contributed by atoms with Gasteiger partial charge in [-0.1, -0.05) is 12.1 Å². The summed E-state index contributed by atoms with van der Waals surface area (Å²) >= 11 is 0. The molecule has 6 heteroatoms. The van der Waals surface area contributed by atoms with Crippen LogP contribution in [0.5, 0.6) is 0 Å². The van der Waals surface area contributed by atoms with Gasteiger partial charge < -0.3 is 16.0 Å². The number of nitrogens with one attached hydrogen (secondary N) is 3.